The molecule has 1 N–H and O–H groups in total. The number of piperidine rings is 1. The smallest absolute Gasteiger partial charge is 0.244 e. The van der Waals surface area contributed by atoms with Gasteiger partial charge in [0.1, 0.15) is 16.4 Å². The van der Waals surface area contributed by atoms with Crippen molar-refractivity contribution < 1.29 is 18.0 Å². The Kier molecular flexibility index (Phi) is 5.58. The molecule has 0 bridgehead atoms. The van der Waals surface area contributed by atoms with Crippen LogP contribution >= 0.6 is 11.6 Å². The van der Waals surface area contributed by atoms with Crippen molar-refractivity contribution in [3.63, 3.8) is 0 Å². The molecule has 158 valence electrons. The van der Waals surface area contributed by atoms with Crippen molar-refractivity contribution in [3.05, 3.63) is 60.2 Å². The molecule has 3 aliphatic heterocycles. The summed E-state index contributed by atoms with van der Waals surface area (Å²) >= 11 is 6.32. The average Bonchev–Trinajstić information content (AvgIpc) is 3.09. The lowest BCUT2D eigenvalue weighted by Crippen LogP contribution is -2.45. The van der Waals surface area contributed by atoms with Gasteiger partial charge in [-0.25, -0.2) is 27.9 Å². The van der Waals surface area contributed by atoms with Crippen LogP contribution < -0.4 is 0 Å². The number of hydrogen-bond acceptors (Lipinski definition) is 7. The van der Waals surface area contributed by atoms with Gasteiger partial charge in [0, 0.05) is 31.4 Å². The fourth-order valence-electron chi connectivity index (χ4n) is 3.71. The van der Waals surface area contributed by atoms with Crippen molar-refractivity contribution >= 4 is 32.5 Å². The molecule has 1 aromatic heterocycles. The van der Waals surface area contributed by atoms with Gasteiger partial charge in [0.05, 0.1) is 11.9 Å². The molecule has 4 heterocycles. The highest BCUT2D eigenvalue weighted by Gasteiger charge is 2.38. The van der Waals surface area contributed by atoms with Gasteiger partial charge in [-0.15, -0.1) is 0 Å². The lowest BCUT2D eigenvalue weighted by atomic mass is 9.84. The Hall–Kier alpha value is -2.40. The summed E-state index contributed by atoms with van der Waals surface area (Å²) in [7, 11) is -3.63. The largest absolute Gasteiger partial charge is 0.284 e. The van der Waals surface area contributed by atoms with Gasteiger partial charge in [-0.1, -0.05) is 18.5 Å². The van der Waals surface area contributed by atoms with E-state index in [0.29, 0.717) is 30.3 Å². The van der Waals surface area contributed by atoms with Crippen LogP contribution in [0.2, 0.25) is 0 Å². The highest BCUT2D eigenvalue weighted by Crippen LogP contribution is 2.33. The summed E-state index contributed by atoms with van der Waals surface area (Å²) in [6.07, 6.45) is 6.84. The van der Waals surface area contributed by atoms with Crippen LogP contribution in [0, 0.1) is 11.8 Å². The van der Waals surface area contributed by atoms with Crippen LogP contribution in [0.15, 0.2) is 75.1 Å². The molecule has 1 saturated heterocycles. The standard InChI is InChI=1S/C19H19ClFN5O3S/c1-12-10-25(30(28,29)14-3-2-7-22-9-14)8-6-15(12)17-18(20)24-19(23-17)16-5-4-13(21)11-26(16)27/h2-5,7,9,11-12,15,27H,6,8,10H2,1H3/t12-,15+/m0/s1. The maximum Gasteiger partial charge on any atom is 0.244 e. The van der Waals surface area contributed by atoms with E-state index in [2.05, 4.69) is 15.0 Å². The van der Waals surface area contributed by atoms with E-state index in [9.17, 15) is 18.0 Å². The van der Waals surface area contributed by atoms with Crippen molar-refractivity contribution in [1.29, 1.82) is 0 Å². The monoisotopic (exact) mass is 451 g/mol. The zero-order valence-corrected chi connectivity index (χ0v) is 17.6. The van der Waals surface area contributed by atoms with Gasteiger partial charge < -0.3 is 0 Å². The fourth-order valence-corrected chi connectivity index (χ4v) is 5.49. The van der Waals surface area contributed by atoms with Crippen LogP contribution in [0.3, 0.4) is 0 Å². The molecule has 8 nitrogen and oxygen atoms in total. The Morgan fingerprint density at radius 2 is 2.10 bits per heavy atom. The molecular weight excluding hydrogens is 433 g/mol. The lowest BCUT2D eigenvalue weighted by Gasteiger charge is -2.35. The molecule has 11 heteroatoms. The van der Waals surface area contributed by atoms with E-state index in [0.717, 1.165) is 6.20 Å². The second-order valence-corrected chi connectivity index (χ2v) is 9.52. The topological polar surface area (TPSA) is 98.5 Å². The summed E-state index contributed by atoms with van der Waals surface area (Å²) in [5.41, 5.74) is 0.746. The molecule has 0 aromatic carbocycles. The first kappa shape index (κ1) is 20.9. The quantitative estimate of drug-likeness (QED) is 0.761. The number of hydrogen-bond donors (Lipinski definition) is 1. The number of hydroxylamine groups is 2. The molecule has 1 aromatic rings. The SMILES string of the molecule is C[C@H]1CN(S(=O)(=O)c2cccnc2)CC[C@H]1C1=NC(=C2C=CC(F)=CN2O)N=C1Cl. The minimum atomic E-state index is -3.63. The molecule has 3 aliphatic rings. The summed E-state index contributed by atoms with van der Waals surface area (Å²) in [4.78, 5) is 12.7. The maximum absolute atomic E-state index is 13.2. The van der Waals surface area contributed by atoms with Crippen molar-refractivity contribution in [3.8, 4) is 0 Å². The van der Waals surface area contributed by atoms with Crippen LogP contribution in [0.25, 0.3) is 0 Å². The number of pyridine rings is 1. The summed E-state index contributed by atoms with van der Waals surface area (Å²) < 4.78 is 40.4. The molecular formula is C19H19ClFN5O3S. The summed E-state index contributed by atoms with van der Waals surface area (Å²) in [6, 6.07) is 3.12. The maximum atomic E-state index is 13.2. The zero-order valence-electron chi connectivity index (χ0n) is 16.0. The molecule has 1 fully saturated rings. The van der Waals surface area contributed by atoms with Gasteiger partial charge in [-0.2, -0.15) is 4.31 Å². The first-order valence-electron chi connectivity index (χ1n) is 9.28. The molecule has 0 spiro atoms. The summed E-state index contributed by atoms with van der Waals surface area (Å²) in [5, 5.41) is 10.7. The first-order chi connectivity index (χ1) is 14.3. The number of halogens is 2. The van der Waals surface area contributed by atoms with Crippen molar-refractivity contribution in [2.75, 3.05) is 13.1 Å². The van der Waals surface area contributed by atoms with Gasteiger partial charge in [-0.3, -0.25) is 10.2 Å². The molecule has 30 heavy (non-hydrogen) atoms. The normalized spacial score (nSPS) is 27.7. The lowest BCUT2D eigenvalue weighted by molar-refractivity contribution is -0.00387. The first-order valence-corrected chi connectivity index (χ1v) is 11.1. The third-order valence-corrected chi connectivity index (χ3v) is 7.38. The van der Waals surface area contributed by atoms with E-state index >= 15 is 0 Å². The van der Waals surface area contributed by atoms with E-state index in [1.807, 2.05) is 6.92 Å². The van der Waals surface area contributed by atoms with Crippen molar-refractivity contribution in [2.45, 2.75) is 18.2 Å². The average molecular weight is 452 g/mol. The van der Waals surface area contributed by atoms with E-state index in [-0.39, 0.29) is 33.4 Å². The number of sulfonamides is 1. The van der Waals surface area contributed by atoms with E-state index in [1.54, 1.807) is 6.07 Å². The number of nitrogens with zero attached hydrogens (tertiary/aromatic N) is 5. The molecule has 4 rings (SSSR count). The summed E-state index contributed by atoms with van der Waals surface area (Å²) in [5.74, 6) is -0.599. The Morgan fingerprint density at radius 1 is 1.30 bits per heavy atom. The van der Waals surface area contributed by atoms with Crippen LogP contribution in [0.5, 0.6) is 0 Å². The van der Waals surface area contributed by atoms with Gasteiger partial charge in [0.25, 0.3) is 0 Å². The van der Waals surface area contributed by atoms with Crippen molar-refractivity contribution in [1.82, 2.24) is 14.4 Å². The Balaban J connectivity index is 1.55. The molecule has 0 saturated carbocycles. The molecule has 0 amide bonds. The number of allylic oxidation sites excluding steroid dienone is 3. The predicted molar refractivity (Wildman–Crippen MR) is 110 cm³/mol. The number of aromatic nitrogens is 1. The number of aliphatic imine (C=N–C) groups is 2. The molecule has 2 atom stereocenters. The molecule has 0 aliphatic carbocycles. The van der Waals surface area contributed by atoms with E-state index < -0.39 is 15.9 Å². The van der Waals surface area contributed by atoms with E-state index in [4.69, 9.17) is 11.6 Å². The van der Waals surface area contributed by atoms with Gasteiger partial charge >= 0.3 is 0 Å². The summed E-state index contributed by atoms with van der Waals surface area (Å²) in [6.45, 7) is 2.54. The van der Waals surface area contributed by atoms with E-state index in [1.165, 1.54) is 34.9 Å². The molecule has 0 unspecified atom stereocenters. The second kappa shape index (κ2) is 8.03. The highest BCUT2D eigenvalue weighted by molar-refractivity contribution is 7.89. The molecule has 0 radical (unpaired) electrons. The Bertz CT molecular complexity index is 1110. The van der Waals surface area contributed by atoms with Gasteiger partial charge in [0.2, 0.25) is 10.0 Å². The predicted octanol–water partition coefficient (Wildman–Crippen LogP) is 3.06. The van der Waals surface area contributed by atoms with Gasteiger partial charge in [0.15, 0.2) is 11.0 Å². The van der Waals surface area contributed by atoms with Crippen LogP contribution in [-0.2, 0) is 10.0 Å². The van der Waals surface area contributed by atoms with Gasteiger partial charge in [-0.05, 0) is 36.6 Å². The van der Waals surface area contributed by atoms with Crippen LogP contribution in [-0.4, -0.2) is 51.9 Å². The third kappa shape index (κ3) is 3.83. The Labute approximate surface area is 178 Å². The van der Waals surface area contributed by atoms with Crippen molar-refractivity contribution in [2.24, 2.45) is 21.8 Å². The van der Waals surface area contributed by atoms with Crippen LogP contribution in [0.1, 0.15) is 13.3 Å². The zero-order chi connectivity index (χ0) is 21.5. The Morgan fingerprint density at radius 3 is 2.77 bits per heavy atom. The minimum absolute atomic E-state index is 0.0679. The van der Waals surface area contributed by atoms with Crippen LogP contribution in [0.4, 0.5) is 4.39 Å². The minimum Gasteiger partial charge on any atom is -0.284 e. The second-order valence-electron chi connectivity index (χ2n) is 7.22. The number of rotatable bonds is 3. The fraction of sp³-hybridized carbons (Fsp3) is 0.316. The third-order valence-electron chi connectivity index (χ3n) is 5.26. The highest BCUT2D eigenvalue weighted by atomic mass is 35.5.